The molecule has 2 amide bonds. The number of nitriles is 1. The van der Waals surface area contributed by atoms with Gasteiger partial charge in [-0.1, -0.05) is 29.4 Å². The number of anilines is 1. The maximum absolute atomic E-state index is 13.5. The first-order valence-electron chi connectivity index (χ1n) is 10.7. The van der Waals surface area contributed by atoms with Gasteiger partial charge >= 0.3 is 6.18 Å². The van der Waals surface area contributed by atoms with Gasteiger partial charge in [0.15, 0.2) is 0 Å². The Kier molecular flexibility index (Phi) is 8.71. The minimum Gasteiger partial charge on any atom is -0.494 e. The zero-order valence-corrected chi connectivity index (χ0v) is 20.6. The number of nitrogens with one attached hydrogen (secondary N) is 1. The molecule has 0 saturated carbocycles. The van der Waals surface area contributed by atoms with Crippen LogP contribution in [0, 0.1) is 11.3 Å². The molecule has 1 atom stereocenters. The molecule has 2 aromatic rings. The van der Waals surface area contributed by atoms with Crippen molar-refractivity contribution >= 4 is 40.9 Å². The van der Waals surface area contributed by atoms with Crippen LogP contribution < -0.4 is 15.0 Å². The van der Waals surface area contributed by atoms with E-state index >= 15 is 0 Å². The third-order valence-electron chi connectivity index (χ3n) is 5.10. The Morgan fingerprint density at radius 2 is 2.00 bits per heavy atom. The number of halogens is 4. The predicted molar refractivity (Wildman–Crippen MR) is 132 cm³/mol. The van der Waals surface area contributed by atoms with Crippen molar-refractivity contribution in [3.63, 3.8) is 0 Å². The van der Waals surface area contributed by atoms with E-state index in [-0.39, 0.29) is 34.2 Å². The van der Waals surface area contributed by atoms with Crippen LogP contribution in [-0.4, -0.2) is 30.2 Å². The first kappa shape index (κ1) is 27.2. The minimum atomic E-state index is -4.58. The molecular weight excluding hydrogens is 515 g/mol. The molecule has 0 aromatic heterocycles. The van der Waals surface area contributed by atoms with Gasteiger partial charge in [-0.15, -0.1) is 6.58 Å². The van der Waals surface area contributed by atoms with Crippen LogP contribution in [0.15, 0.2) is 65.7 Å². The van der Waals surface area contributed by atoms with E-state index in [4.69, 9.17) is 16.3 Å². The molecule has 1 aliphatic heterocycles. The molecule has 0 radical (unpaired) electrons. The highest BCUT2D eigenvalue weighted by Gasteiger charge is 2.41. The molecule has 0 spiro atoms. The molecule has 1 aliphatic rings. The molecule has 2 aromatic carbocycles. The molecule has 188 valence electrons. The van der Waals surface area contributed by atoms with Gasteiger partial charge in [-0.3, -0.25) is 14.5 Å². The van der Waals surface area contributed by atoms with E-state index < -0.39 is 28.8 Å². The minimum absolute atomic E-state index is 0.0707. The van der Waals surface area contributed by atoms with Crippen molar-refractivity contribution in [3.05, 3.63) is 81.9 Å². The number of thioether (sulfide) groups is 1. The second-order valence-corrected chi connectivity index (χ2v) is 9.10. The molecule has 3 rings (SSSR count). The Labute approximate surface area is 215 Å². The molecular formula is C25H21ClF3N3O3S. The predicted octanol–water partition coefficient (Wildman–Crippen LogP) is 5.49. The monoisotopic (exact) mass is 535 g/mol. The van der Waals surface area contributed by atoms with Crippen molar-refractivity contribution in [1.82, 2.24) is 5.32 Å². The van der Waals surface area contributed by atoms with E-state index in [0.717, 1.165) is 30.0 Å². The zero-order valence-electron chi connectivity index (χ0n) is 19.1. The van der Waals surface area contributed by atoms with Crippen LogP contribution in [0.5, 0.6) is 5.75 Å². The summed E-state index contributed by atoms with van der Waals surface area (Å²) in [6, 6.07) is 11.2. The summed E-state index contributed by atoms with van der Waals surface area (Å²) in [5.74, 6) is -0.652. The molecule has 11 heteroatoms. The van der Waals surface area contributed by atoms with Crippen molar-refractivity contribution in [2.24, 2.45) is 0 Å². The molecule has 0 bridgehead atoms. The van der Waals surface area contributed by atoms with Crippen molar-refractivity contribution in [3.8, 4) is 11.8 Å². The first-order chi connectivity index (χ1) is 17.1. The number of ether oxygens (including phenoxy) is 1. The number of rotatable bonds is 8. The van der Waals surface area contributed by atoms with E-state index in [0.29, 0.717) is 18.0 Å². The van der Waals surface area contributed by atoms with Crippen molar-refractivity contribution < 1.29 is 27.5 Å². The summed E-state index contributed by atoms with van der Waals surface area (Å²) in [7, 11) is 0. The number of hydrogen-bond acceptors (Lipinski definition) is 5. The molecule has 36 heavy (non-hydrogen) atoms. The largest absolute Gasteiger partial charge is 0.494 e. The van der Waals surface area contributed by atoms with Gasteiger partial charge in [0.25, 0.3) is 5.91 Å². The lowest BCUT2D eigenvalue weighted by Gasteiger charge is -2.19. The summed E-state index contributed by atoms with van der Waals surface area (Å²) in [6.45, 7) is 5.87. The van der Waals surface area contributed by atoms with Crippen LogP contribution in [0.3, 0.4) is 0 Å². The van der Waals surface area contributed by atoms with Gasteiger partial charge in [-0.05, 0) is 61.4 Å². The summed E-state index contributed by atoms with van der Waals surface area (Å²) in [6.07, 6.45) is -3.29. The fourth-order valence-corrected chi connectivity index (χ4v) is 4.93. The Balaban J connectivity index is 2.04. The maximum Gasteiger partial charge on any atom is 0.416 e. The molecule has 1 unspecified atom stereocenters. The van der Waals surface area contributed by atoms with Gasteiger partial charge in [0, 0.05) is 17.3 Å². The molecule has 1 N–H and O–H groups in total. The SMILES string of the molecule is C=CCNC(=O)/C(C#N)=C1\SC(Cc2cc(C(F)(F)F)ccc2Cl)C(=O)N1c1ccc(OCC)cc1. The average Bonchev–Trinajstić information content (AvgIpc) is 3.15. The fraction of sp³-hybridized carbons (Fsp3) is 0.240. The Morgan fingerprint density at radius 1 is 1.31 bits per heavy atom. The highest BCUT2D eigenvalue weighted by Crippen LogP contribution is 2.43. The second-order valence-electron chi connectivity index (χ2n) is 7.51. The highest BCUT2D eigenvalue weighted by molar-refractivity contribution is 8.05. The fourth-order valence-electron chi connectivity index (χ4n) is 3.44. The summed E-state index contributed by atoms with van der Waals surface area (Å²) < 4.78 is 45.1. The number of carbonyl (C=O) groups excluding carboxylic acids is 2. The van der Waals surface area contributed by atoms with Crippen LogP contribution in [0.1, 0.15) is 18.1 Å². The van der Waals surface area contributed by atoms with Gasteiger partial charge in [-0.2, -0.15) is 18.4 Å². The summed E-state index contributed by atoms with van der Waals surface area (Å²) in [5.41, 5.74) is -0.701. The summed E-state index contributed by atoms with van der Waals surface area (Å²) >= 11 is 7.08. The zero-order chi connectivity index (χ0) is 26.5. The van der Waals surface area contributed by atoms with Crippen LogP contribution in [0.2, 0.25) is 5.02 Å². The number of nitrogens with zero attached hydrogens (tertiary/aromatic N) is 2. The van der Waals surface area contributed by atoms with Crippen LogP contribution >= 0.6 is 23.4 Å². The second kappa shape index (κ2) is 11.5. The number of hydrogen-bond donors (Lipinski definition) is 1. The number of benzene rings is 2. The van der Waals surface area contributed by atoms with Gasteiger partial charge in [0.1, 0.15) is 22.4 Å². The smallest absolute Gasteiger partial charge is 0.416 e. The van der Waals surface area contributed by atoms with E-state index in [1.807, 2.05) is 13.0 Å². The normalized spacial score (nSPS) is 16.9. The van der Waals surface area contributed by atoms with Crippen molar-refractivity contribution in [1.29, 1.82) is 5.26 Å². The third-order valence-corrected chi connectivity index (χ3v) is 6.73. The topological polar surface area (TPSA) is 82.4 Å². The van der Waals surface area contributed by atoms with E-state index in [9.17, 15) is 28.0 Å². The lowest BCUT2D eigenvalue weighted by molar-refractivity contribution is -0.137. The lowest BCUT2D eigenvalue weighted by Crippen LogP contribution is -2.32. The Hall–Kier alpha value is -3.42. The highest BCUT2D eigenvalue weighted by atomic mass is 35.5. The van der Waals surface area contributed by atoms with Crippen LogP contribution in [-0.2, 0) is 22.2 Å². The third kappa shape index (κ3) is 6.04. The molecule has 1 heterocycles. The average molecular weight is 536 g/mol. The number of alkyl halides is 3. The van der Waals surface area contributed by atoms with Gasteiger partial charge in [-0.25, -0.2) is 0 Å². The lowest BCUT2D eigenvalue weighted by atomic mass is 10.0. The quantitative estimate of drug-likeness (QED) is 0.275. The standard InChI is InChI=1S/C25H21ClF3N3O3S/c1-3-11-31-22(33)19(14-30)24-32(17-6-8-18(9-7-17)35-4-2)23(34)21(36-24)13-15-12-16(25(27,28)29)5-10-20(15)26/h3,5-10,12,21H,1,4,11,13H2,2H3,(H,31,33)/b24-19-. The summed E-state index contributed by atoms with van der Waals surface area (Å²) in [5, 5.41) is 11.5. The molecule has 1 fully saturated rings. The van der Waals surface area contributed by atoms with Crippen LogP contribution in [0.4, 0.5) is 18.9 Å². The van der Waals surface area contributed by atoms with E-state index in [2.05, 4.69) is 11.9 Å². The molecule has 1 saturated heterocycles. The molecule has 6 nitrogen and oxygen atoms in total. The maximum atomic E-state index is 13.5. The van der Waals surface area contributed by atoms with Gasteiger partial charge in [0.2, 0.25) is 5.91 Å². The van der Waals surface area contributed by atoms with Gasteiger partial charge < -0.3 is 10.1 Å². The van der Waals surface area contributed by atoms with Crippen molar-refractivity contribution in [2.45, 2.75) is 24.8 Å². The van der Waals surface area contributed by atoms with Crippen LogP contribution in [0.25, 0.3) is 0 Å². The number of carbonyl (C=O) groups is 2. The summed E-state index contributed by atoms with van der Waals surface area (Å²) in [4.78, 5) is 27.4. The Morgan fingerprint density at radius 3 is 2.58 bits per heavy atom. The first-order valence-corrected chi connectivity index (χ1v) is 12.0. The Bertz CT molecular complexity index is 1240. The molecule has 0 aliphatic carbocycles. The van der Waals surface area contributed by atoms with E-state index in [1.165, 1.54) is 11.0 Å². The van der Waals surface area contributed by atoms with E-state index in [1.54, 1.807) is 24.3 Å². The number of amides is 2. The van der Waals surface area contributed by atoms with Crippen molar-refractivity contribution in [2.75, 3.05) is 18.1 Å². The van der Waals surface area contributed by atoms with Gasteiger partial charge in [0.05, 0.1) is 17.4 Å².